The summed E-state index contributed by atoms with van der Waals surface area (Å²) in [7, 11) is 0. The Morgan fingerprint density at radius 2 is 1.52 bits per heavy atom. The molecule has 0 fully saturated rings. The Bertz CT molecular complexity index is 688. The van der Waals surface area contributed by atoms with Crippen LogP contribution in [0.4, 0.5) is 11.4 Å². The van der Waals surface area contributed by atoms with Crippen LogP contribution in [-0.2, 0) is 4.79 Å². The minimum atomic E-state index is -1.03. The van der Waals surface area contributed by atoms with Gasteiger partial charge in [0, 0.05) is 12.2 Å². The molecule has 2 aromatic carbocycles. The van der Waals surface area contributed by atoms with E-state index in [1.807, 2.05) is 69.3 Å². The van der Waals surface area contributed by atoms with Crippen molar-refractivity contribution in [2.24, 2.45) is 4.99 Å². The molecule has 0 heterocycles. The first kappa shape index (κ1) is 16.7. The highest BCUT2D eigenvalue weighted by Gasteiger charge is 2.20. The predicted molar refractivity (Wildman–Crippen MR) is 94.7 cm³/mol. The van der Waals surface area contributed by atoms with Crippen LogP contribution < -0.4 is 4.90 Å². The van der Waals surface area contributed by atoms with Crippen molar-refractivity contribution in [2.45, 2.75) is 27.2 Å². The quantitative estimate of drug-likeness (QED) is 0.675. The maximum absolute atomic E-state index is 11.8. The van der Waals surface area contributed by atoms with Gasteiger partial charge in [-0.25, -0.2) is 9.79 Å². The molecule has 23 heavy (non-hydrogen) atoms. The number of aliphatic imine (C=N–C) groups is 1. The SMILES string of the molecule is CCCN(/C(=N/c1ccc(C)cc1)C(=O)O)c1ccc(C)cc1. The number of carbonyl (C=O) groups is 1. The number of amidine groups is 1. The fourth-order valence-electron chi connectivity index (χ4n) is 2.27. The highest BCUT2D eigenvalue weighted by Crippen LogP contribution is 2.20. The lowest BCUT2D eigenvalue weighted by Crippen LogP contribution is -2.37. The summed E-state index contributed by atoms with van der Waals surface area (Å²) in [4.78, 5) is 17.9. The number of rotatable bonds is 4. The maximum atomic E-state index is 11.8. The number of benzene rings is 2. The van der Waals surface area contributed by atoms with Crippen molar-refractivity contribution in [1.82, 2.24) is 0 Å². The molecule has 2 rings (SSSR count). The number of nitrogens with zero attached hydrogens (tertiary/aromatic N) is 2. The zero-order chi connectivity index (χ0) is 16.8. The Labute approximate surface area is 137 Å². The predicted octanol–water partition coefficient (Wildman–Crippen LogP) is 4.33. The van der Waals surface area contributed by atoms with E-state index in [1.165, 1.54) is 0 Å². The second-order valence-corrected chi connectivity index (χ2v) is 5.56. The monoisotopic (exact) mass is 310 g/mol. The standard InChI is InChI=1S/C19H22N2O2/c1-4-13-21(17-11-7-15(3)8-12-17)18(19(22)23)20-16-9-5-14(2)6-10-16/h5-12H,4,13H2,1-3H3,(H,22,23)/b20-18+. The molecule has 1 N–H and O–H groups in total. The number of hydrogen-bond donors (Lipinski definition) is 1. The van der Waals surface area contributed by atoms with Crippen LogP contribution in [0.2, 0.25) is 0 Å². The third-order valence-electron chi connectivity index (χ3n) is 3.51. The molecule has 0 bridgehead atoms. The number of aryl methyl sites for hydroxylation is 2. The van der Waals surface area contributed by atoms with E-state index >= 15 is 0 Å². The largest absolute Gasteiger partial charge is 0.475 e. The van der Waals surface area contributed by atoms with Gasteiger partial charge in [-0.1, -0.05) is 42.3 Å². The molecule has 120 valence electrons. The summed E-state index contributed by atoms with van der Waals surface area (Å²) in [6.07, 6.45) is 0.827. The summed E-state index contributed by atoms with van der Waals surface area (Å²) in [6.45, 7) is 6.61. The smallest absolute Gasteiger partial charge is 0.372 e. The second-order valence-electron chi connectivity index (χ2n) is 5.56. The molecule has 0 aromatic heterocycles. The lowest BCUT2D eigenvalue weighted by molar-refractivity contribution is -0.129. The lowest BCUT2D eigenvalue weighted by Gasteiger charge is -2.23. The molecule has 0 saturated heterocycles. The normalized spacial score (nSPS) is 11.3. The molecule has 0 aliphatic rings. The van der Waals surface area contributed by atoms with Gasteiger partial charge in [-0.15, -0.1) is 0 Å². The highest BCUT2D eigenvalue weighted by molar-refractivity contribution is 6.40. The zero-order valence-corrected chi connectivity index (χ0v) is 13.8. The van der Waals surface area contributed by atoms with Crippen LogP contribution in [0.5, 0.6) is 0 Å². The van der Waals surface area contributed by atoms with Crippen molar-refractivity contribution in [2.75, 3.05) is 11.4 Å². The van der Waals surface area contributed by atoms with Crippen molar-refractivity contribution < 1.29 is 9.90 Å². The van der Waals surface area contributed by atoms with Crippen molar-refractivity contribution in [3.63, 3.8) is 0 Å². The van der Waals surface area contributed by atoms with Crippen LogP contribution in [0.15, 0.2) is 53.5 Å². The van der Waals surface area contributed by atoms with E-state index in [4.69, 9.17) is 0 Å². The Morgan fingerprint density at radius 3 is 2.00 bits per heavy atom. The molecule has 0 aliphatic heterocycles. The van der Waals surface area contributed by atoms with Gasteiger partial charge in [0.1, 0.15) is 0 Å². The number of hydrogen-bond acceptors (Lipinski definition) is 2. The van der Waals surface area contributed by atoms with Gasteiger partial charge in [0.15, 0.2) is 0 Å². The minimum absolute atomic E-state index is 0.0413. The van der Waals surface area contributed by atoms with E-state index in [-0.39, 0.29) is 5.84 Å². The first-order valence-corrected chi connectivity index (χ1v) is 7.74. The molecule has 0 unspecified atom stereocenters. The summed E-state index contributed by atoms with van der Waals surface area (Å²) in [5.41, 5.74) is 3.73. The van der Waals surface area contributed by atoms with Crippen molar-refractivity contribution >= 4 is 23.2 Å². The highest BCUT2D eigenvalue weighted by atomic mass is 16.4. The fourth-order valence-corrected chi connectivity index (χ4v) is 2.27. The Kier molecular flexibility index (Phi) is 5.52. The van der Waals surface area contributed by atoms with Gasteiger partial charge in [-0.05, 0) is 44.5 Å². The van der Waals surface area contributed by atoms with E-state index in [2.05, 4.69) is 4.99 Å². The van der Waals surface area contributed by atoms with E-state index < -0.39 is 5.97 Å². The Hall–Kier alpha value is -2.62. The Balaban J connectivity index is 2.44. The van der Waals surface area contributed by atoms with Crippen LogP contribution in [-0.4, -0.2) is 23.5 Å². The van der Waals surface area contributed by atoms with Crippen LogP contribution in [0, 0.1) is 13.8 Å². The average Bonchev–Trinajstić information content (AvgIpc) is 2.53. The Morgan fingerprint density at radius 1 is 1.00 bits per heavy atom. The van der Waals surface area contributed by atoms with Crippen LogP contribution in [0.1, 0.15) is 24.5 Å². The molecule has 4 nitrogen and oxygen atoms in total. The summed E-state index contributed by atoms with van der Waals surface area (Å²) < 4.78 is 0. The molecular formula is C19H22N2O2. The molecule has 0 aliphatic carbocycles. The van der Waals surface area contributed by atoms with Gasteiger partial charge in [0.2, 0.25) is 5.84 Å². The van der Waals surface area contributed by atoms with Crippen LogP contribution in [0.25, 0.3) is 0 Å². The third-order valence-corrected chi connectivity index (χ3v) is 3.51. The van der Waals surface area contributed by atoms with Gasteiger partial charge in [-0.3, -0.25) is 0 Å². The van der Waals surface area contributed by atoms with Crippen molar-refractivity contribution in [3.05, 3.63) is 59.7 Å². The fraction of sp³-hybridized carbons (Fsp3) is 0.263. The molecule has 4 heteroatoms. The van der Waals surface area contributed by atoms with Gasteiger partial charge in [0.05, 0.1) is 5.69 Å². The molecule has 0 spiro atoms. The number of carboxylic acid groups (broad SMARTS) is 1. The van der Waals surface area contributed by atoms with Crippen LogP contribution in [0.3, 0.4) is 0 Å². The summed E-state index contributed by atoms with van der Waals surface area (Å²) in [6, 6.07) is 15.3. The summed E-state index contributed by atoms with van der Waals surface area (Å²) >= 11 is 0. The van der Waals surface area contributed by atoms with Gasteiger partial charge in [0.25, 0.3) is 0 Å². The summed E-state index contributed by atoms with van der Waals surface area (Å²) in [5, 5.41) is 9.63. The average molecular weight is 310 g/mol. The molecule has 0 amide bonds. The van der Waals surface area contributed by atoms with Gasteiger partial charge < -0.3 is 10.0 Å². The molecule has 0 saturated carbocycles. The number of anilines is 1. The van der Waals surface area contributed by atoms with Crippen molar-refractivity contribution in [3.8, 4) is 0 Å². The van der Waals surface area contributed by atoms with Gasteiger partial charge >= 0.3 is 5.97 Å². The molecule has 2 aromatic rings. The van der Waals surface area contributed by atoms with E-state index in [0.29, 0.717) is 12.2 Å². The van der Waals surface area contributed by atoms with Crippen molar-refractivity contribution in [1.29, 1.82) is 0 Å². The summed E-state index contributed by atoms with van der Waals surface area (Å²) in [5.74, 6) is -0.987. The van der Waals surface area contributed by atoms with E-state index in [0.717, 1.165) is 23.2 Å². The molecule has 0 radical (unpaired) electrons. The number of carboxylic acids is 1. The molecular weight excluding hydrogens is 288 g/mol. The van der Waals surface area contributed by atoms with Crippen LogP contribution >= 0.6 is 0 Å². The minimum Gasteiger partial charge on any atom is -0.475 e. The topological polar surface area (TPSA) is 52.9 Å². The van der Waals surface area contributed by atoms with Gasteiger partial charge in [-0.2, -0.15) is 0 Å². The first-order valence-electron chi connectivity index (χ1n) is 7.74. The van der Waals surface area contributed by atoms with E-state index in [9.17, 15) is 9.90 Å². The van der Waals surface area contributed by atoms with E-state index in [1.54, 1.807) is 4.90 Å². The second kappa shape index (κ2) is 7.58. The number of aliphatic carboxylic acids is 1. The maximum Gasteiger partial charge on any atom is 0.372 e. The zero-order valence-electron chi connectivity index (χ0n) is 13.8. The first-order chi connectivity index (χ1) is 11.0. The molecule has 0 atom stereocenters. The third kappa shape index (κ3) is 4.42. The lowest BCUT2D eigenvalue weighted by atomic mass is 10.2.